The van der Waals surface area contributed by atoms with Crippen LogP contribution in [0.4, 0.5) is 0 Å². The number of aliphatic hydroxyl groups is 1. The molecule has 0 aromatic heterocycles. The Morgan fingerprint density at radius 1 is 1.24 bits per heavy atom. The van der Waals surface area contributed by atoms with Crippen LogP contribution in [0.15, 0.2) is 0 Å². The van der Waals surface area contributed by atoms with Crippen molar-refractivity contribution in [1.29, 1.82) is 0 Å². The standard InChI is InChI=1S/C11H22NO.NO3/c1-8(2)12(3)9-4-5-10(12)7-11(13)6-9;2-1(3)4/h8-11,13H,4-7H2,1-3H3;/q+1;-1/t9-,10+,11+,12?;. The van der Waals surface area contributed by atoms with Crippen LogP contribution in [0.5, 0.6) is 0 Å². The van der Waals surface area contributed by atoms with Crippen LogP contribution in [0.1, 0.15) is 39.5 Å². The largest absolute Gasteiger partial charge is 0.393 e. The first kappa shape index (κ1) is 14.2. The highest BCUT2D eigenvalue weighted by Crippen LogP contribution is 2.42. The molecule has 2 bridgehead atoms. The van der Waals surface area contributed by atoms with Gasteiger partial charge in [0, 0.05) is 25.7 Å². The van der Waals surface area contributed by atoms with Crippen molar-refractivity contribution < 1.29 is 14.7 Å². The van der Waals surface area contributed by atoms with Crippen molar-refractivity contribution in [2.45, 2.75) is 63.8 Å². The van der Waals surface area contributed by atoms with Gasteiger partial charge < -0.3 is 24.9 Å². The lowest BCUT2D eigenvalue weighted by Crippen LogP contribution is -2.62. The molecular weight excluding hydrogens is 224 g/mol. The Kier molecular flexibility index (Phi) is 4.32. The third-order valence-corrected chi connectivity index (χ3v) is 4.61. The van der Waals surface area contributed by atoms with Gasteiger partial charge in [0.1, 0.15) is 0 Å². The zero-order chi connectivity index (χ0) is 13.2. The second-order valence-electron chi connectivity index (χ2n) is 5.55. The minimum absolute atomic E-state index is 0.0116. The lowest BCUT2D eigenvalue weighted by atomic mass is 9.95. The van der Waals surface area contributed by atoms with Crippen LogP contribution in [0.2, 0.25) is 0 Å². The second-order valence-corrected chi connectivity index (χ2v) is 5.55. The fourth-order valence-corrected chi connectivity index (χ4v) is 3.50. The quantitative estimate of drug-likeness (QED) is 0.429. The SMILES string of the molecule is CC(C)[N+]1(C)[C@@H]2CC[C@H]1C[C@@H](O)C2.O=[N+]([O-])[O-]. The van der Waals surface area contributed by atoms with Crippen molar-refractivity contribution in [3.63, 3.8) is 0 Å². The van der Waals surface area contributed by atoms with Gasteiger partial charge in [0.05, 0.1) is 36.4 Å². The molecule has 0 spiro atoms. The van der Waals surface area contributed by atoms with E-state index in [1.54, 1.807) is 0 Å². The Bertz CT molecular complexity index is 265. The number of fused-ring (bicyclic) bond motifs is 2. The smallest absolute Gasteiger partial charge is 0.0919 e. The summed E-state index contributed by atoms with van der Waals surface area (Å²) in [5, 5.41) is 24.4. The Balaban J connectivity index is 0.000000317. The predicted octanol–water partition coefficient (Wildman–Crippen LogP) is 1.29. The molecule has 17 heavy (non-hydrogen) atoms. The molecule has 2 fully saturated rings. The maximum atomic E-state index is 9.69. The number of hydrogen-bond acceptors (Lipinski definition) is 4. The molecule has 0 aliphatic carbocycles. The summed E-state index contributed by atoms with van der Waals surface area (Å²) in [5.74, 6) is 0. The molecule has 2 saturated heterocycles. The van der Waals surface area contributed by atoms with Gasteiger partial charge in [0.15, 0.2) is 0 Å². The highest BCUT2D eigenvalue weighted by molar-refractivity contribution is 4.86. The average molecular weight is 246 g/mol. The average Bonchev–Trinajstić information content (AvgIpc) is 2.39. The van der Waals surface area contributed by atoms with E-state index in [-0.39, 0.29) is 6.10 Å². The van der Waals surface area contributed by atoms with Crippen LogP contribution in [-0.2, 0) is 0 Å². The van der Waals surface area contributed by atoms with Crippen LogP contribution >= 0.6 is 0 Å². The number of nitrogens with zero attached hydrogens (tertiary/aromatic N) is 2. The van der Waals surface area contributed by atoms with Crippen LogP contribution in [0.25, 0.3) is 0 Å². The molecule has 6 heteroatoms. The first-order valence-corrected chi connectivity index (χ1v) is 6.13. The van der Waals surface area contributed by atoms with Crippen molar-refractivity contribution in [1.82, 2.24) is 0 Å². The molecular formula is C11H22N2O4. The van der Waals surface area contributed by atoms with Gasteiger partial charge in [-0.1, -0.05) is 0 Å². The molecule has 6 nitrogen and oxygen atoms in total. The summed E-state index contributed by atoms with van der Waals surface area (Å²) < 4.78 is 1.22. The van der Waals surface area contributed by atoms with E-state index in [0.29, 0.717) is 6.04 Å². The van der Waals surface area contributed by atoms with Crippen LogP contribution in [0.3, 0.4) is 0 Å². The lowest BCUT2D eigenvalue weighted by molar-refractivity contribution is -0.968. The zero-order valence-electron chi connectivity index (χ0n) is 10.7. The summed E-state index contributed by atoms with van der Waals surface area (Å²) >= 11 is 0. The normalized spacial score (nSPS) is 39.7. The summed E-state index contributed by atoms with van der Waals surface area (Å²) in [6, 6.07) is 2.17. The van der Waals surface area contributed by atoms with Crippen LogP contribution < -0.4 is 0 Å². The van der Waals surface area contributed by atoms with E-state index in [1.165, 1.54) is 17.3 Å². The van der Waals surface area contributed by atoms with E-state index in [9.17, 15) is 5.11 Å². The predicted molar refractivity (Wildman–Crippen MR) is 63.7 cm³/mol. The van der Waals surface area contributed by atoms with Gasteiger partial charge >= 0.3 is 0 Å². The molecule has 0 amide bonds. The van der Waals surface area contributed by atoms with E-state index in [1.807, 2.05) is 0 Å². The number of quaternary nitrogens is 1. The number of rotatable bonds is 1. The topological polar surface area (TPSA) is 86.4 Å². The highest BCUT2D eigenvalue weighted by atomic mass is 16.9. The second kappa shape index (κ2) is 5.18. The molecule has 4 atom stereocenters. The summed E-state index contributed by atoms with van der Waals surface area (Å²) in [5.41, 5.74) is 0. The van der Waals surface area contributed by atoms with Gasteiger partial charge in [0.25, 0.3) is 0 Å². The molecule has 1 N–H and O–H groups in total. The monoisotopic (exact) mass is 246 g/mol. The van der Waals surface area contributed by atoms with Crippen molar-refractivity contribution in [3.05, 3.63) is 15.3 Å². The molecule has 1 unspecified atom stereocenters. The Morgan fingerprint density at radius 3 is 1.88 bits per heavy atom. The van der Waals surface area contributed by atoms with Crippen molar-refractivity contribution in [3.8, 4) is 0 Å². The molecule has 2 rings (SSSR count). The third-order valence-electron chi connectivity index (χ3n) is 4.61. The maximum absolute atomic E-state index is 9.69. The van der Waals surface area contributed by atoms with Crippen molar-refractivity contribution >= 4 is 0 Å². The van der Waals surface area contributed by atoms with Crippen LogP contribution in [-0.4, -0.2) is 46.0 Å². The maximum Gasteiger partial charge on any atom is 0.0919 e. The fraction of sp³-hybridized carbons (Fsp3) is 1.00. The Morgan fingerprint density at radius 2 is 1.59 bits per heavy atom. The van der Waals surface area contributed by atoms with Gasteiger partial charge in [0.2, 0.25) is 0 Å². The van der Waals surface area contributed by atoms with Crippen molar-refractivity contribution in [2.24, 2.45) is 0 Å². The molecule has 0 aromatic rings. The van der Waals surface area contributed by atoms with E-state index in [4.69, 9.17) is 15.3 Å². The molecule has 2 heterocycles. The van der Waals surface area contributed by atoms with Crippen molar-refractivity contribution in [2.75, 3.05) is 7.05 Å². The molecule has 2 aliphatic rings. The van der Waals surface area contributed by atoms with Crippen LogP contribution in [0, 0.1) is 15.3 Å². The van der Waals surface area contributed by atoms with Gasteiger partial charge in [-0.25, -0.2) is 0 Å². The van der Waals surface area contributed by atoms with Gasteiger partial charge in [-0.3, -0.25) is 0 Å². The van der Waals surface area contributed by atoms with Gasteiger partial charge in [-0.05, 0) is 13.8 Å². The summed E-state index contributed by atoms with van der Waals surface area (Å²) in [6.45, 7) is 4.64. The third kappa shape index (κ3) is 2.87. The van der Waals surface area contributed by atoms with E-state index < -0.39 is 5.09 Å². The number of piperidine rings is 1. The van der Waals surface area contributed by atoms with E-state index >= 15 is 0 Å². The molecule has 100 valence electrons. The number of aliphatic hydroxyl groups excluding tert-OH is 1. The highest BCUT2D eigenvalue weighted by Gasteiger charge is 2.52. The van der Waals surface area contributed by atoms with E-state index in [2.05, 4.69) is 20.9 Å². The minimum Gasteiger partial charge on any atom is -0.393 e. The first-order chi connectivity index (χ1) is 7.78. The molecule has 2 aliphatic heterocycles. The van der Waals surface area contributed by atoms with E-state index in [0.717, 1.165) is 24.9 Å². The number of hydrogen-bond donors (Lipinski definition) is 1. The molecule has 0 radical (unpaired) electrons. The van der Waals surface area contributed by atoms with Gasteiger partial charge in [-0.15, -0.1) is 0 Å². The lowest BCUT2D eigenvalue weighted by Gasteiger charge is -2.49. The summed E-state index contributed by atoms with van der Waals surface area (Å²) in [7, 11) is 2.39. The first-order valence-electron chi connectivity index (χ1n) is 6.13. The Labute approximate surface area is 102 Å². The molecule has 0 aromatic carbocycles. The summed E-state index contributed by atoms with van der Waals surface area (Å²) in [4.78, 5) is 8.25. The zero-order valence-corrected chi connectivity index (χ0v) is 10.7. The minimum atomic E-state index is -1.75. The van der Waals surface area contributed by atoms with Gasteiger partial charge in [-0.2, -0.15) is 0 Å². The Hall–Kier alpha value is -0.880. The fourth-order valence-electron chi connectivity index (χ4n) is 3.50. The summed E-state index contributed by atoms with van der Waals surface area (Å²) in [6.07, 6.45) is 4.71. The molecule has 0 saturated carbocycles.